The predicted molar refractivity (Wildman–Crippen MR) is 133 cm³/mol. The van der Waals surface area contributed by atoms with E-state index in [4.69, 9.17) is 25.9 Å². The lowest BCUT2D eigenvalue weighted by Crippen LogP contribution is -2.36. The normalized spacial score (nSPS) is 14.4. The van der Waals surface area contributed by atoms with Gasteiger partial charge in [-0.25, -0.2) is 4.98 Å². The van der Waals surface area contributed by atoms with Crippen molar-refractivity contribution in [2.75, 3.05) is 38.3 Å². The van der Waals surface area contributed by atoms with Crippen molar-refractivity contribution in [2.24, 2.45) is 5.16 Å². The number of ether oxygens (including phenoxy) is 2. The number of imidazole rings is 1. The summed E-state index contributed by atoms with van der Waals surface area (Å²) in [6.45, 7) is 5.16. The van der Waals surface area contributed by atoms with Crippen molar-refractivity contribution in [3.63, 3.8) is 0 Å². The van der Waals surface area contributed by atoms with Crippen LogP contribution in [-0.2, 0) is 9.57 Å². The van der Waals surface area contributed by atoms with Gasteiger partial charge in [-0.1, -0.05) is 28.9 Å². The summed E-state index contributed by atoms with van der Waals surface area (Å²) in [5, 5.41) is 4.48. The maximum atomic E-state index is 6.57. The van der Waals surface area contributed by atoms with Gasteiger partial charge in [0.1, 0.15) is 12.9 Å². The number of H-pyrrole nitrogens is 1. The molecule has 9 heteroatoms. The quantitative estimate of drug-likeness (QED) is 0.300. The zero-order valence-electron chi connectivity index (χ0n) is 18.9. The monoisotopic (exact) mass is 477 g/mol. The van der Waals surface area contributed by atoms with Gasteiger partial charge in [0.25, 0.3) is 0 Å². The number of rotatable bonds is 6. The first-order valence-corrected chi connectivity index (χ1v) is 11.3. The number of hydrogen-bond acceptors (Lipinski definition) is 7. The zero-order chi connectivity index (χ0) is 23.5. The van der Waals surface area contributed by atoms with Crippen LogP contribution in [0.25, 0.3) is 22.4 Å². The van der Waals surface area contributed by atoms with E-state index in [0.29, 0.717) is 33.6 Å². The highest BCUT2D eigenvalue weighted by Crippen LogP contribution is 2.31. The van der Waals surface area contributed by atoms with Crippen LogP contribution in [0.1, 0.15) is 12.5 Å². The number of halogens is 1. The van der Waals surface area contributed by atoms with E-state index in [1.165, 1.54) is 7.11 Å². The molecule has 0 amide bonds. The van der Waals surface area contributed by atoms with Crippen LogP contribution in [0.15, 0.2) is 59.8 Å². The van der Waals surface area contributed by atoms with Gasteiger partial charge in [0.2, 0.25) is 0 Å². The Morgan fingerprint density at radius 2 is 1.79 bits per heavy atom. The Morgan fingerprint density at radius 1 is 1.06 bits per heavy atom. The zero-order valence-corrected chi connectivity index (χ0v) is 19.7. The van der Waals surface area contributed by atoms with Crippen molar-refractivity contribution in [1.82, 2.24) is 15.0 Å². The molecule has 1 saturated heterocycles. The highest BCUT2D eigenvalue weighted by molar-refractivity contribution is 6.33. The summed E-state index contributed by atoms with van der Waals surface area (Å²) in [4.78, 5) is 19.4. The molecule has 0 saturated carbocycles. The Morgan fingerprint density at radius 3 is 2.50 bits per heavy atom. The SMILES string of the molecule is CO/N=C(\C)c1ccc(Oc2nc3nc(-c4ccc(N5CCOCC5)cc4)c(Cl)cc3[nH]2)cc1. The number of benzene rings is 2. The van der Waals surface area contributed by atoms with Gasteiger partial charge in [-0.15, -0.1) is 0 Å². The number of morpholine rings is 1. The third kappa shape index (κ3) is 4.69. The number of oxime groups is 1. The smallest absolute Gasteiger partial charge is 0.301 e. The van der Waals surface area contributed by atoms with Crippen LogP contribution in [0.3, 0.4) is 0 Å². The standard InChI is InChI=1S/C25H24ClN5O3/c1-16(30-32-2)17-5-9-20(10-6-17)34-25-27-22-15-21(26)23(28-24(22)29-25)18-3-7-19(8-4-18)31-11-13-33-14-12-31/h3-10,15H,11-14H2,1-2H3,(H,27,28,29)/b30-16+. The topological polar surface area (TPSA) is 84.9 Å². The number of fused-ring (bicyclic) bond motifs is 1. The van der Waals surface area contributed by atoms with Crippen LogP contribution in [-0.4, -0.2) is 54.1 Å². The predicted octanol–water partition coefficient (Wildman–Crippen LogP) is 5.28. The van der Waals surface area contributed by atoms with Crippen molar-refractivity contribution < 1.29 is 14.3 Å². The molecule has 1 aliphatic rings. The average Bonchev–Trinajstić information content (AvgIpc) is 3.25. The molecule has 0 atom stereocenters. The van der Waals surface area contributed by atoms with Crippen molar-refractivity contribution in [3.8, 4) is 23.0 Å². The molecule has 8 nitrogen and oxygen atoms in total. The van der Waals surface area contributed by atoms with Crippen molar-refractivity contribution in [1.29, 1.82) is 0 Å². The summed E-state index contributed by atoms with van der Waals surface area (Å²) in [5.74, 6) is 0.637. The fourth-order valence-electron chi connectivity index (χ4n) is 3.86. The largest absolute Gasteiger partial charge is 0.426 e. The van der Waals surface area contributed by atoms with Crippen LogP contribution in [0.4, 0.5) is 5.69 Å². The Kier molecular flexibility index (Phi) is 6.33. The molecule has 2 aromatic carbocycles. The number of aromatic nitrogens is 3. The van der Waals surface area contributed by atoms with Gasteiger partial charge in [0.05, 0.1) is 35.2 Å². The van der Waals surface area contributed by atoms with Crippen LogP contribution in [0.2, 0.25) is 5.02 Å². The molecule has 1 aliphatic heterocycles. The molecule has 0 unspecified atom stereocenters. The van der Waals surface area contributed by atoms with E-state index in [2.05, 4.69) is 37.1 Å². The molecule has 2 aromatic heterocycles. The lowest BCUT2D eigenvalue weighted by atomic mass is 10.1. The molecule has 0 radical (unpaired) electrons. The highest BCUT2D eigenvalue weighted by Gasteiger charge is 2.15. The second-order valence-electron chi connectivity index (χ2n) is 7.86. The Bertz CT molecular complexity index is 1310. The van der Waals surface area contributed by atoms with Crippen LogP contribution in [0.5, 0.6) is 11.8 Å². The molecule has 5 rings (SSSR count). The van der Waals surface area contributed by atoms with Gasteiger partial charge in [0, 0.05) is 24.3 Å². The molecule has 0 aliphatic carbocycles. The van der Waals surface area contributed by atoms with Crippen LogP contribution in [0, 0.1) is 0 Å². The minimum absolute atomic E-state index is 0.341. The highest BCUT2D eigenvalue weighted by atomic mass is 35.5. The van der Waals surface area contributed by atoms with Gasteiger partial charge in [-0.05, 0) is 55.0 Å². The number of anilines is 1. The number of nitrogens with zero attached hydrogens (tertiary/aromatic N) is 4. The summed E-state index contributed by atoms with van der Waals surface area (Å²) in [6.07, 6.45) is 0. The molecule has 0 spiro atoms. The Labute approximate surface area is 202 Å². The fraction of sp³-hybridized carbons (Fsp3) is 0.240. The van der Waals surface area contributed by atoms with Gasteiger partial charge < -0.3 is 24.2 Å². The first-order chi connectivity index (χ1) is 16.6. The first-order valence-electron chi connectivity index (χ1n) is 11.0. The van der Waals surface area contributed by atoms with Gasteiger partial charge in [-0.2, -0.15) is 4.98 Å². The minimum Gasteiger partial charge on any atom is -0.426 e. The molecule has 174 valence electrons. The van der Waals surface area contributed by atoms with E-state index in [0.717, 1.165) is 48.8 Å². The number of hydrogen-bond donors (Lipinski definition) is 1. The molecule has 4 aromatic rings. The molecule has 1 N–H and O–H groups in total. The van der Waals surface area contributed by atoms with E-state index >= 15 is 0 Å². The lowest BCUT2D eigenvalue weighted by Gasteiger charge is -2.28. The summed E-state index contributed by atoms with van der Waals surface area (Å²) in [7, 11) is 1.52. The molecule has 34 heavy (non-hydrogen) atoms. The molecular weight excluding hydrogens is 454 g/mol. The minimum atomic E-state index is 0.341. The molecular formula is C25H24ClN5O3. The number of nitrogens with one attached hydrogen (secondary N) is 1. The summed E-state index contributed by atoms with van der Waals surface area (Å²) in [6, 6.07) is 17.9. The van der Waals surface area contributed by atoms with E-state index in [1.807, 2.05) is 49.4 Å². The van der Waals surface area contributed by atoms with E-state index in [9.17, 15) is 0 Å². The van der Waals surface area contributed by atoms with E-state index in [1.54, 1.807) is 0 Å². The van der Waals surface area contributed by atoms with E-state index in [-0.39, 0.29) is 0 Å². The van der Waals surface area contributed by atoms with Crippen LogP contribution >= 0.6 is 11.6 Å². The van der Waals surface area contributed by atoms with Gasteiger partial charge in [0.15, 0.2) is 5.65 Å². The maximum Gasteiger partial charge on any atom is 0.301 e. The Balaban J connectivity index is 1.36. The molecule has 3 heterocycles. The van der Waals surface area contributed by atoms with E-state index < -0.39 is 0 Å². The Hall–Kier alpha value is -3.62. The van der Waals surface area contributed by atoms with Gasteiger partial charge >= 0.3 is 6.01 Å². The summed E-state index contributed by atoms with van der Waals surface area (Å²) < 4.78 is 11.3. The second kappa shape index (κ2) is 9.70. The van der Waals surface area contributed by atoms with Crippen LogP contribution < -0.4 is 9.64 Å². The third-order valence-corrected chi connectivity index (χ3v) is 5.92. The average molecular weight is 478 g/mol. The number of aromatic amines is 1. The van der Waals surface area contributed by atoms with Crippen molar-refractivity contribution in [2.45, 2.75) is 6.92 Å². The number of pyridine rings is 1. The molecule has 1 fully saturated rings. The van der Waals surface area contributed by atoms with Gasteiger partial charge in [-0.3, -0.25) is 0 Å². The third-order valence-electron chi connectivity index (χ3n) is 5.64. The first kappa shape index (κ1) is 22.2. The second-order valence-corrected chi connectivity index (χ2v) is 8.27. The fourth-order valence-corrected chi connectivity index (χ4v) is 4.12. The van der Waals surface area contributed by atoms with Crippen molar-refractivity contribution >= 4 is 34.2 Å². The summed E-state index contributed by atoms with van der Waals surface area (Å²) >= 11 is 6.57. The summed E-state index contributed by atoms with van der Waals surface area (Å²) in [5.41, 5.74) is 5.73. The lowest BCUT2D eigenvalue weighted by molar-refractivity contribution is 0.122. The molecule has 0 bridgehead atoms. The maximum absolute atomic E-state index is 6.57. The van der Waals surface area contributed by atoms with Crippen molar-refractivity contribution in [3.05, 3.63) is 65.2 Å².